The zero-order valence-electron chi connectivity index (χ0n) is 14.6. The van der Waals surface area contributed by atoms with Gasteiger partial charge in [0.1, 0.15) is 0 Å². The monoisotopic (exact) mass is 372 g/mol. The minimum Gasteiger partial charge on any atom is -0.493 e. The van der Waals surface area contributed by atoms with Crippen molar-refractivity contribution >= 4 is 10.0 Å². The summed E-state index contributed by atoms with van der Waals surface area (Å²) in [4.78, 5) is 4.45. The maximum absolute atomic E-state index is 12.9. The molecule has 0 radical (unpaired) electrons. The fourth-order valence-corrected chi connectivity index (χ4v) is 3.86. The third-order valence-electron chi connectivity index (χ3n) is 3.79. The summed E-state index contributed by atoms with van der Waals surface area (Å²) in [6.45, 7) is 2.55. The predicted octanol–water partition coefficient (Wildman–Crippen LogP) is 3.58. The second-order valence-corrected chi connectivity index (χ2v) is 7.39. The van der Waals surface area contributed by atoms with Gasteiger partial charge in [-0.2, -0.15) is 0 Å². The van der Waals surface area contributed by atoms with E-state index in [9.17, 15) is 8.42 Å². The molecule has 0 aliphatic carbocycles. The average molecular weight is 372 g/mol. The SMILES string of the molecule is CCCOc1cc(-c2nccn2S(=O)(=O)c2ccccc2)ccc1OC. The van der Waals surface area contributed by atoms with Gasteiger partial charge in [-0.1, -0.05) is 25.1 Å². The molecular formula is C19H20N2O4S. The number of hydrogen-bond donors (Lipinski definition) is 0. The van der Waals surface area contributed by atoms with Crippen molar-refractivity contribution in [3.8, 4) is 22.9 Å². The molecule has 6 nitrogen and oxygen atoms in total. The van der Waals surface area contributed by atoms with Crippen LogP contribution >= 0.6 is 0 Å². The predicted molar refractivity (Wildman–Crippen MR) is 99.0 cm³/mol. The van der Waals surface area contributed by atoms with Crippen molar-refractivity contribution in [2.45, 2.75) is 18.2 Å². The lowest BCUT2D eigenvalue weighted by molar-refractivity contribution is 0.294. The first-order valence-corrected chi connectivity index (χ1v) is 9.67. The van der Waals surface area contributed by atoms with Gasteiger partial charge >= 0.3 is 0 Å². The van der Waals surface area contributed by atoms with E-state index in [1.54, 1.807) is 55.6 Å². The second-order valence-electron chi connectivity index (χ2n) is 5.58. The molecule has 26 heavy (non-hydrogen) atoms. The van der Waals surface area contributed by atoms with Crippen molar-refractivity contribution in [2.75, 3.05) is 13.7 Å². The lowest BCUT2D eigenvalue weighted by atomic mass is 10.2. The van der Waals surface area contributed by atoms with Crippen LogP contribution in [0.2, 0.25) is 0 Å². The van der Waals surface area contributed by atoms with E-state index in [0.717, 1.165) is 6.42 Å². The Morgan fingerprint density at radius 2 is 1.85 bits per heavy atom. The molecule has 136 valence electrons. The van der Waals surface area contributed by atoms with Crippen LogP contribution in [-0.2, 0) is 10.0 Å². The van der Waals surface area contributed by atoms with E-state index in [1.807, 2.05) is 6.92 Å². The van der Waals surface area contributed by atoms with E-state index in [4.69, 9.17) is 9.47 Å². The Morgan fingerprint density at radius 3 is 2.54 bits per heavy atom. The van der Waals surface area contributed by atoms with Gasteiger partial charge in [0.15, 0.2) is 17.3 Å². The number of benzene rings is 2. The van der Waals surface area contributed by atoms with E-state index in [2.05, 4.69) is 4.98 Å². The summed E-state index contributed by atoms with van der Waals surface area (Å²) in [5, 5.41) is 0. The van der Waals surface area contributed by atoms with Crippen LogP contribution < -0.4 is 9.47 Å². The van der Waals surface area contributed by atoms with Gasteiger partial charge in [-0.25, -0.2) is 17.4 Å². The molecule has 0 N–H and O–H groups in total. The highest BCUT2D eigenvalue weighted by Gasteiger charge is 2.21. The van der Waals surface area contributed by atoms with Gasteiger partial charge in [-0.05, 0) is 36.8 Å². The van der Waals surface area contributed by atoms with Gasteiger partial charge in [0.25, 0.3) is 10.0 Å². The maximum atomic E-state index is 12.9. The fraction of sp³-hybridized carbons (Fsp3) is 0.211. The number of aromatic nitrogens is 2. The summed E-state index contributed by atoms with van der Waals surface area (Å²) < 4.78 is 38.1. The average Bonchev–Trinajstić information content (AvgIpc) is 3.17. The molecule has 0 fully saturated rings. The molecule has 0 spiro atoms. The Bertz CT molecular complexity index is 982. The highest BCUT2D eigenvalue weighted by molar-refractivity contribution is 7.90. The number of nitrogens with zero attached hydrogens (tertiary/aromatic N) is 2. The molecule has 0 aliphatic heterocycles. The van der Waals surface area contributed by atoms with Crippen molar-refractivity contribution in [3.63, 3.8) is 0 Å². The minimum atomic E-state index is -3.74. The summed E-state index contributed by atoms with van der Waals surface area (Å²) in [6.07, 6.45) is 3.76. The largest absolute Gasteiger partial charge is 0.493 e. The van der Waals surface area contributed by atoms with Gasteiger partial charge in [0, 0.05) is 18.0 Å². The van der Waals surface area contributed by atoms with Crippen LogP contribution in [0.4, 0.5) is 0 Å². The highest BCUT2D eigenvalue weighted by Crippen LogP contribution is 2.33. The summed E-state index contributed by atoms with van der Waals surface area (Å²) >= 11 is 0. The van der Waals surface area contributed by atoms with Gasteiger partial charge in [0.05, 0.1) is 18.6 Å². The van der Waals surface area contributed by atoms with Crippen molar-refractivity contribution < 1.29 is 17.9 Å². The molecule has 0 bridgehead atoms. The minimum absolute atomic E-state index is 0.204. The van der Waals surface area contributed by atoms with Gasteiger partial charge in [0.2, 0.25) is 0 Å². The van der Waals surface area contributed by atoms with Crippen molar-refractivity contribution in [1.82, 2.24) is 8.96 Å². The Labute approximate surface area is 153 Å². The Morgan fingerprint density at radius 1 is 1.08 bits per heavy atom. The summed E-state index contributed by atoms with van der Waals surface area (Å²) in [5.74, 6) is 1.46. The Kier molecular flexibility index (Phi) is 5.27. The molecule has 0 saturated carbocycles. The summed E-state index contributed by atoms with van der Waals surface area (Å²) in [6, 6.07) is 13.5. The fourth-order valence-electron chi connectivity index (χ4n) is 2.53. The van der Waals surface area contributed by atoms with Crippen LogP contribution in [-0.4, -0.2) is 31.1 Å². The third-order valence-corrected chi connectivity index (χ3v) is 5.47. The van der Waals surface area contributed by atoms with Gasteiger partial charge in [-0.15, -0.1) is 0 Å². The van der Waals surface area contributed by atoms with E-state index in [1.165, 1.54) is 16.4 Å². The smallest absolute Gasteiger partial charge is 0.269 e. The number of ether oxygens (including phenoxy) is 2. The molecule has 0 saturated heterocycles. The van der Waals surface area contributed by atoms with E-state index in [0.29, 0.717) is 29.5 Å². The maximum Gasteiger partial charge on any atom is 0.269 e. The van der Waals surface area contributed by atoms with Crippen LogP contribution in [0.3, 0.4) is 0 Å². The van der Waals surface area contributed by atoms with Crippen molar-refractivity contribution in [2.24, 2.45) is 0 Å². The molecule has 3 aromatic rings. The number of methoxy groups -OCH3 is 1. The number of hydrogen-bond acceptors (Lipinski definition) is 5. The molecule has 0 atom stereocenters. The molecule has 1 heterocycles. The molecule has 2 aromatic carbocycles. The topological polar surface area (TPSA) is 70.4 Å². The van der Waals surface area contributed by atoms with E-state index < -0.39 is 10.0 Å². The van der Waals surface area contributed by atoms with Gasteiger partial charge < -0.3 is 9.47 Å². The van der Waals surface area contributed by atoms with Crippen LogP contribution in [0.25, 0.3) is 11.4 Å². The second kappa shape index (κ2) is 7.61. The third kappa shape index (κ3) is 3.43. The molecule has 7 heteroatoms. The van der Waals surface area contributed by atoms with Crippen LogP contribution in [0.15, 0.2) is 65.8 Å². The molecule has 3 rings (SSSR count). The normalized spacial score (nSPS) is 11.3. The lowest BCUT2D eigenvalue weighted by Crippen LogP contribution is -2.13. The zero-order chi connectivity index (χ0) is 18.6. The molecular weight excluding hydrogens is 352 g/mol. The van der Waals surface area contributed by atoms with Gasteiger partial charge in [-0.3, -0.25) is 0 Å². The van der Waals surface area contributed by atoms with Crippen LogP contribution in [0, 0.1) is 0 Å². The Hall–Kier alpha value is -2.80. The first kappa shape index (κ1) is 18.0. The lowest BCUT2D eigenvalue weighted by Gasteiger charge is -2.13. The quantitative estimate of drug-likeness (QED) is 0.634. The first-order chi connectivity index (χ1) is 12.6. The molecule has 1 aromatic heterocycles. The summed E-state index contributed by atoms with van der Waals surface area (Å²) in [7, 11) is -2.17. The van der Waals surface area contributed by atoms with Crippen molar-refractivity contribution in [3.05, 3.63) is 60.9 Å². The highest BCUT2D eigenvalue weighted by atomic mass is 32.2. The van der Waals surface area contributed by atoms with Crippen molar-refractivity contribution in [1.29, 1.82) is 0 Å². The molecule has 0 unspecified atom stereocenters. The van der Waals surface area contributed by atoms with Crippen LogP contribution in [0.1, 0.15) is 13.3 Å². The first-order valence-electron chi connectivity index (χ1n) is 8.23. The standard InChI is InChI=1S/C19H20N2O4S/c1-3-13-25-18-14-15(9-10-17(18)24-2)19-20-11-12-21(19)26(22,23)16-7-5-4-6-8-16/h4-12,14H,3,13H2,1-2H3. The van der Waals surface area contributed by atoms with E-state index in [-0.39, 0.29) is 4.90 Å². The zero-order valence-corrected chi connectivity index (χ0v) is 15.4. The molecule has 0 amide bonds. The summed E-state index contributed by atoms with van der Waals surface area (Å²) in [5.41, 5.74) is 0.626. The van der Waals surface area contributed by atoms with Crippen LogP contribution in [0.5, 0.6) is 11.5 Å². The molecule has 0 aliphatic rings. The Balaban J connectivity index is 2.06. The number of rotatable bonds is 7. The van der Waals surface area contributed by atoms with E-state index >= 15 is 0 Å². The number of imidazole rings is 1.